The van der Waals surface area contributed by atoms with E-state index in [2.05, 4.69) is 38.3 Å². The van der Waals surface area contributed by atoms with Crippen molar-refractivity contribution < 1.29 is 9.34 Å². The first-order chi connectivity index (χ1) is 9.17. The Morgan fingerprint density at radius 3 is 2.45 bits per heavy atom. The number of furan rings is 1. The highest BCUT2D eigenvalue weighted by atomic mass is 16.6. The van der Waals surface area contributed by atoms with Gasteiger partial charge in [-0.25, -0.2) is 0 Å². The molecule has 1 aliphatic rings. The average Bonchev–Trinajstić information content (AvgIpc) is 2.70. The minimum Gasteiger partial charge on any atom is -0.404 e. The molecular formula is C14H23N3O3. The maximum atomic E-state index is 10.6. The molecule has 6 heteroatoms. The summed E-state index contributed by atoms with van der Waals surface area (Å²) in [7, 11) is 0. The molecule has 6 nitrogen and oxygen atoms in total. The van der Waals surface area contributed by atoms with E-state index in [4.69, 9.17) is 4.42 Å². The maximum absolute atomic E-state index is 10.6. The van der Waals surface area contributed by atoms with Gasteiger partial charge in [0.1, 0.15) is 10.7 Å². The molecule has 0 radical (unpaired) electrons. The normalized spacial score (nSPS) is 21.8. The number of nitrogens with one attached hydrogen (secondary N) is 2. The molecule has 1 aromatic rings. The van der Waals surface area contributed by atoms with Crippen LogP contribution in [0.4, 0.5) is 5.88 Å². The Balaban J connectivity index is 1.94. The Hall–Kier alpha value is -1.40. The van der Waals surface area contributed by atoms with E-state index in [1.807, 2.05) is 0 Å². The lowest BCUT2D eigenvalue weighted by Crippen LogP contribution is -2.61. The molecule has 112 valence electrons. The fraction of sp³-hybridized carbons (Fsp3) is 0.714. The monoisotopic (exact) mass is 281 g/mol. The largest absolute Gasteiger partial charge is 0.433 e. The zero-order valence-corrected chi connectivity index (χ0v) is 12.5. The summed E-state index contributed by atoms with van der Waals surface area (Å²) in [5, 5.41) is 17.6. The molecule has 0 unspecified atom stereocenters. The van der Waals surface area contributed by atoms with Crippen LogP contribution >= 0.6 is 0 Å². The summed E-state index contributed by atoms with van der Waals surface area (Å²) in [5.41, 5.74) is 0.156. The predicted octanol–water partition coefficient (Wildman–Crippen LogP) is 2.59. The van der Waals surface area contributed by atoms with E-state index >= 15 is 0 Å². The SMILES string of the molecule is CC1(C)CC(NCc2ccc([N+](=O)[O-])o2)CC(C)(C)N1. The van der Waals surface area contributed by atoms with Gasteiger partial charge in [-0.15, -0.1) is 0 Å². The number of nitrogens with zero attached hydrogens (tertiary/aromatic N) is 1. The first-order valence-electron chi connectivity index (χ1n) is 6.93. The average molecular weight is 281 g/mol. The molecular weight excluding hydrogens is 258 g/mol. The minimum absolute atomic E-state index is 0.0780. The van der Waals surface area contributed by atoms with E-state index in [0.717, 1.165) is 12.8 Å². The lowest BCUT2D eigenvalue weighted by atomic mass is 9.79. The van der Waals surface area contributed by atoms with Crippen LogP contribution in [0.1, 0.15) is 46.3 Å². The van der Waals surface area contributed by atoms with Crippen LogP contribution in [0.25, 0.3) is 0 Å². The lowest BCUT2D eigenvalue weighted by Gasteiger charge is -2.46. The van der Waals surface area contributed by atoms with Gasteiger partial charge in [-0.1, -0.05) is 0 Å². The Bertz CT molecular complexity index is 478. The van der Waals surface area contributed by atoms with Crippen molar-refractivity contribution in [2.75, 3.05) is 0 Å². The van der Waals surface area contributed by atoms with Gasteiger partial charge in [0, 0.05) is 17.1 Å². The third-order valence-electron chi connectivity index (χ3n) is 3.58. The van der Waals surface area contributed by atoms with E-state index in [1.165, 1.54) is 6.07 Å². The Morgan fingerprint density at radius 2 is 1.95 bits per heavy atom. The van der Waals surface area contributed by atoms with Crippen LogP contribution in [0.2, 0.25) is 0 Å². The minimum atomic E-state index is -0.514. The van der Waals surface area contributed by atoms with Crippen molar-refractivity contribution in [2.45, 2.75) is 64.2 Å². The van der Waals surface area contributed by atoms with Gasteiger partial charge in [-0.2, -0.15) is 0 Å². The van der Waals surface area contributed by atoms with Gasteiger partial charge >= 0.3 is 5.88 Å². The first-order valence-corrected chi connectivity index (χ1v) is 6.93. The molecule has 0 saturated carbocycles. The lowest BCUT2D eigenvalue weighted by molar-refractivity contribution is -0.402. The second-order valence-corrected chi connectivity index (χ2v) is 6.88. The number of nitro groups is 1. The fourth-order valence-electron chi connectivity index (χ4n) is 3.27. The molecule has 0 aliphatic carbocycles. The molecule has 1 aromatic heterocycles. The maximum Gasteiger partial charge on any atom is 0.433 e. The molecule has 0 atom stereocenters. The Morgan fingerprint density at radius 1 is 1.35 bits per heavy atom. The van der Waals surface area contributed by atoms with Crippen molar-refractivity contribution in [1.82, 2.24) is 10.6 Å². The van der Waals surface area contributed by atoms with Crippen molar-refractivity contribution in [3.63, 3.8) is 0 Å². The van der Waals surface area contributed by atoms with E-state index in [0.29, 0.717) is 18.3 Å². The quantitative estimate of drug-likeness (QED) is 0.655. The van der Waals surface area contributed by atoms with Crippen LogP contribution in [0.15, 0.2) is 16.5 Å². The standard InChI is InChI=1S/C14H23N3O3/c1-13(2)7-10(8-14(3,4)16-13)15-9-11-5-6-12(20-11)17(18)19/h5-6,10,15-16H,7-9H2,1-4H3. The third kappa shape index (κ3) is 3.80. The fourth-order valence-corrected chi connectivity index (χ4v) is 3.27. The van der Waals surface area contributed by atoms with E-state index in [1.54, 1.807) is 6.07 Å². The number of piperidine rings is 1. The van der Waals surface area contributed by atoms with Crippen molar-refractivity contribution in [3.8, 4) is 0 Å². The van der Waals surface area contributed by atoms with Gasteiger partial charge < -0.3 is 15.1 Å². The number of hydrogen-bond acceptors (Lipinski definition) is 5. The van der Waals surface area contributed by atoms with Crippen molar-refractivity contribution in [3.05, 3.63) is 28.0 Å². The Kier molecular flexibility index (Phi) is 3.88. The molecule has 2 N–H and O–H groups in total. The summed E-state index contributed by atoms with van der Waals surface area (Å²) in [6.07, 6.45) is 2.03. The molecule has 0 amide bonds. The van der Waals surface area contributed by atoms with Crippen molar-refractivity contribution in [1.29, 1.82) is 0 Å². The van der Waals surface area contributed by atoms with Gasteiger partial charge in [0.25, 0.3) is 0 Å². The second kappa shape index (κ2) is 5.18. The first kappa shape index (κ1) is 15.0. The smallest absolute Gasteiger partial charge is 0.404 e. The molecule has 1 aliphatic heterocycles. The summed E-state index contributed by atoms with van der Waals surface area (Å²) in [6, 6.07) is 3.42. The molecule has 0 bridgehead atoms. The highest BCUT2D eigenvalue weighted by molar-refractivity contribution is 5.17. The molecule has 1 saturated heterocycles. The molecule has 2 rings (SSSR count). The van der Waals surface area contributed by atoms with Crippen LogP contribution < -0.4 is 10.6 Å². The molecule has 0 spiro atoms. The summed E-state index contributed by atoms with van der Waals surface area (Å²) in [4.78, 5) is 10.1. The summed E-state index contributed by atoms with van der Waals surface area (Å²) >= 11 is 0. The summed E-state index contributed by atoms with van der Waals surface area (Å²) in [5.74, 6) is 0.401. The van der Waals surface area contributed by atoms with Crippen molar-refractivity contribution >= 4 is 5.88 Å². The van der Waals surface area contributed by atoms with Crippen molar-refractivity contribution in [2.24, 2.45) is 0 Å². The summed E-state index contributed by atoms with van der Waals surface area (Å²) < 4.78 is 5.16. The second-order valence-electron chi connectivity index (χ2n) is 6.88. The highest BCUT2D eigenvalue weighted by Crippen LogP contribution is 2.28. The van der Waals surface area contributed by atoms with Gasteiger partial charge in [-0.3, -0.25) is 10.1 Å². The van der Waals surface area contributed by atoms with Crippen LogP contribution in [-0.2, 0) is 6.54 Å². The van der Waals surface area contributed by atoms with E-state index in [9.17, 15) is 10.1 Å². The van der Waals surface area contributed by atoms with E-state index in [-0.39, 0.29) is 17.0 Å². The zero-order chi connectivity index (χ0) is 15.0. The van der Waals surface area contributed by atoms with Crippen LogP contribution in [-0.4, -0.2) is 22.0 Å². The number of rotatable bonds is 4. The number of hydrogen-bond donors (Lipinski definition) is 2. The predicted molar refractivity (Wildman–Crippen MR) is 76.5 cm³/mol. The summed E-state index contributed by atoms with van der Waals surface area (Å²) in [6.45, 7) is 9.30. The van der Waals surface area contributed by atoms with Crippen LogP contribution in [0.3, 0.4) is 0 Å². The topological polar surface area (TPSA) is 80.3 Å². The molecule has 2 heterocycles. The van der Waals surface area contributed by atoms with Gasteiger partial charge in [-0.05, 0) is 46.6 Å². The van der Waals surface area contributed by atoms with Crippen LogP contribution in [0.5, 0.6) is 0 Å². The van der Waals surface area contributed by atoms with Crippen LogP contribution in [0, 0.1) is 10.1 Å². The van der Waals surface area contributed by atoms with Gasteiger partial charge in [0.15, 0.2) is 0 Å². The van der Waals surface area contributed by atoms with E-state index < -0.39 is 4.92 Å². The third-order valence-corrected chi connectivity index (χ3v) is 3.58. The molecule has 1 fully saturated rings. The van der Waals surface area contributed by atoms with Gasteiger partial charge in [0.05, 0.1) is 12.6 Å². The highest BCUT2D eigenvalue weighted by Gasteiger charge is 2.37. The zero-order valence-electron chi connectivity index (χ0n) is 12.5. The Labute approximate surface area is 119 Å². The van der Waals surface area contributed by atoms with Gasteiger partial charge in [0.2, 0.25) is 0 Å². The molecule has 20 heavy (non-hydrogen) atoms. The molecule has 0 aromatic carbocycles.